The Morgan fingerprint density at radius 2 is 1.87 bits per heavy atom. The van der Waals surface area contributed by atoms with E-state index in [1.165, 1.54) is 10.7 Å². The van der Waals surface area contributed by atoms with Crippen molar-refractivity contribution in [3.8, 4) is 5.69 Å². The zero-order valence-electron chi connectivity index (χ0n) is 13.1. The molecule has 1 fully saturated rings. The van der Waals surface area contributed by atoms with E-state index in [0.29, 0.717) is 17.3 Å². The number of halogens is 3. The molecule has 0 radical (unpaired) electrons. The first-order valence-electron chi connectivity index (χ1n) is 7.71. The van der Waals surface area contributed by atoms with E-state index in [9.17, 15) is 13.2 Å². The molecule has 1 aliphatic rings. The van der Waals surface area contributed by atoms with Crippen LogP contribution in [0.3, 0.4) is 0 Å². The molecule has 0 unspecified atom stereocenters. The fraction of sp³-hybridized carbons (Fsp3) is 0.500. The smallest absolute Gasteiger partial charge is 0.294 e. The molecule has 0 saturated carbocycles. The van der Waals surface area contributed by atoms with Crippen LogP contribution >= 0.6 is 0 Å². The highest BCUT2D eigenvalue weighted by Gasteiger charge is 2.31. The lowest BCUT2D eigenvalue weighted by molar-refractivity contribution is -0.137. The summed E-state index contributed by atoms with van der Waals surface area (Å²) in [5.74, 6) is 1.24. The number of likely N-dealkylation sites (tertiary alicyclic amines) is 1. The normalized spacial score (nSPS) is 17.6. The van der Waals surface area contributed by atoms with E-state index in [0.717, 1.165) is 38.1 Å². The number of nitrogens with zero attached hydrogens (tertiary/aromatic N) is 4. The maximum atomic E-state index is 12.9. The van der Waals surface area contributed by atoms with Gasteiger partial charge in [0, 0.05) is 0 Å². The van der Waals surface area contributed by atoms with Gasteiger partial charge in [0.1, 0.15) is 11.6 Å². The van der Waals surface area contributed by atoms with Crippen molar-refractivity contribution in [3.05, 3.63) is 41.5 Å². The first kappa shape index (κ1) is 16.0. The van der Waals surface area contributed by atoms with Gasteiger partial charge in [-0.2, -0.15) is 18.3 Å². The quantitative estimate of drug-likeness (QED) is 0.862. The van der Waals surface area contributed by atoms with Crippen molar-refractivity contribution >= 4 is 0 Å². The molecule has 1 saturated heterocycles. The fourth-order valence-electron chi connectivity index (χ4n) is 3.00. The maximum absolute atomic E-state index is 12.9. The second-order valence-corrected chi connectivity index (χ2v) is 5.90. The average Bonchev–Trinajstić information content (AvgIpc) is 3.15. The molecule has 0 N–H and O–H groups in total. The molecule has 1 aromatic heterocycles. The van der Waals surface area contributed by atoms with E-state index in [2.05, 4.69) is 15.0 Å². The Morgan fingerprint density at radius 1 is 1.17 bits per heavy atom. The minimum absolute atomic E-state index is 0.0215. The van der Waals surface area contributed by atoms with Crippen molar-refractivity contribution in [1.82, 2.24) is 19.7 Å². The number of aryl methyl sites for hydroxylation is 1. The number of rotatable bonds is 3. The van der Waals surface area contributed by atoms with Crippen molar-refractivity contribution in [2.45, 2.75) is 38.9 Å². The molecule has 1 atom stereocenters. The van der Waals surface area contributed by atoms with Gasteiger partial charge in [0.15, 0.2) is 0 Å². The van der Waals surface area contributed by atoms with Crippen LogP contribution in [-0.4, -0.2) is 32.8 Å². The van der Waals surface area contributed by atoms with Crippen LogP contribution in [0.15, 0.2) is 24.3 Å². The molecule has 23 heavy (non-hydrogen) atoms. The Kier molecular flexibility index (Phi) is 4.14. The Morgan fingerprint density at radius 3 is 2.52 bits per heavy atom. The zero-order valence-corrected chi connectivity index (χ0v) is 13.1. The number of aromatic nitrogens is 3. The van der Waals surface area contributed by atoms with Crippen molar-refractivity contribution in [2.24, 2.45) is 0 Å². The van der Waals surface area contributed by atoms with Gasteiger partial charge in [0.05, 0.1) is 17.3 Å². The summed E-state index contributed by atoms with van der Waals surface area (Å²) in [5, 5.41) is 4.31. The van der Waals surface area contributed by atoms with Gasteiger partial charge < -0.3 is 0 Å². The number of hydrogen-bond acceptors (Lipinski definition) is 3. The Hall–Kier alpha value is -1.89. The standard InChI is InChI=1S/C16H19F3N4/c1-11(22-8-3-4-9-22)15-20-12(2)21-23(15)14-7-5-6-13(10-14)16(17,18)19/h5-7,10-11H,3-4,8-9H2,1-2H3/t11-/m1/s1. The third-order valence-corrected chi connectivity index (χ3v) is 4.22. The molecular formula is C16H19F3N4. The molecule has 2 aromatic rings. The largest absolute Gasteiger partial charge is 0.416 e. The first-order chi connectivity index (χ1) is 10.9. The second kappa shape index (κ2) is 5.96. The fourth-order valence-corrected chi connectivity index (χ4v) is 3.00. The van der Waals surface area contributed by atoms with Crippen LogP contribution in [0.5, 0.6) is 0 Å². The van der Waals surface area contributed by atoms with Crippen molar-refractivity contribution in [3.63, 3.8) is 0 Å². The van der Waals surface area contributed by atoms with E-state index in [-0.39, 0.29) is 6.04 Å². The molecule has 1 aromatic carbocycles. The van der Waals surface area contributed by atoms with Gasteiger partial charge in [-0.3, -0.25) is 4.90 Å². The van der Waals surface area contributed by atoms with E-state index >= 15 is 0 Å². The topological polar surface area (TPSA) is 34.0 Å². The molecule has 7 heteroatoms. The summed E-state index contributed by atoms with van der Waals surface area (Å²) in [7, 11) is 0. The maximum Gasteiger partial charge on any atom is 0.416 e. The lowest BCUT2D eigenvalue weighted by atomic mass is 10.2. The van der Waals surface area contributed by atoms with Crippen LogP contribution < -0.4 is 0 Å². The predicted molar refractivity (Wildman–Crippen MR) is 80.3 cm³/mol. The van der Waals surface area contributed by atoms with Crippen LogP contribution in [0, 0.1) is 6.92 Å². The van der Waals surface area contributed by atoms with Crippen LogP contribution in [0.25, 0.3) is 5.69 Å². The number of alkyl halides is 3. The summed E-state index contributed by atoms with van der Waals surface area (Å²) < 4.78 is 40.4. The Balaban J connectivity index is 2.00. The van der Waals surface area contributed by atoms with E-state index in [1.807, 2.05) is 6.92 Å². The molecule has 0 amide bonds. The lowest BCUT2D eigenvalue weighted by Crippen LogP contribution is -2.26. The van der Waals surface area contributed by atoms with Crippen molar-refractivity contribution in [2.75, 3.05) is 13.1 Å². The monoisotopic (exact) mass is 324 g/mol. The van der Waals surface area contributed by atoms with Crippen LogP contribution in [0.4, 0.5) is 13.2 Å². The van der Waals surface area contributed by atoms with Crippen LogP contribution in [0.2, 0.25) is 0 Å². The summed E-state index contributed by atoms with van der Waals surface area (Å²) in [6, 6.07) is 5.24. The summed E-state index contributed by atoms with van der Waals surface area (Å²) in [6.07, 6.45) is -2.09. The highest BCUT2D eigenvalue weighted by molar-refractivity contribution is 5.37. The van der Waals surface area contributed by atoms with E-state index in [4.69, 9.17) is 0 Å². The van der Waals surface area contributed by atoms with Gasteiger partial charge in [-0.05, 0) is 58.0 Å². The summed E-state index contributed by atoms with van der Waals surface area (Å²) in [6.45, 7) is 5.74. The molecule has 0 spiro atoms. The average molecular weight is 324 g/mol. The first-order valence-corrected chi connectivity index (χ1v) is 7.71. The molecule has 124 valence electrons. The molecule has 1 aliphatic heterocycles. The summed E-state index contributed by atoms with van der Waals surface area (Å²) >= 11 is 0. The van der Waals surface area contributed by atoms with Crippen molar-refractivity contribution < 1.29 is 13.2 Å². The van der Waals surface area contributed by atoms with Crippen molar-refractivity contribution in [1.29, 1.82) is 0 Å². The van der Waals surface area contributed by atoms with Gasteiger partial charge in [0.25, 0.3) is 0 Å². The van der Waals surface area contributed by atoms with E-state index < -0.39 is 11.7 Å². The highest BCUT2D eigenvalue weighted by Crippen LogP contribution is 2.31. The molecular weight excluding hydrogens is 305 g/mol. The summed E-state index contributed by atoms with van der Waals surface area (Å²) in [4.78, 5) is 6.74. The number of hydrogen-bond donors (Lipinski definition) is 0. The summed E-state index contributed by atoms with van der Waals surface area (Å²) in [5.41, 5.74) is -0.288. The highest BCUT2D eigenvalue weighted by atomic mass is 19.4. The van der Waals surface area contributed by atoms with Crippen LogP contribution in [-0.2, 0) is 6.18 Å². The lowest BCUT2D eigenvalue weighted by Gasteiger charge is -2.23. The van der Waals surface area contributed by atoms with E-state index in [1.54, 1.807) is 13.0 Å². The minimum atomic E-state index is -4.37. The van der Waals surface area contributed by atoms with Gasteiger partial charge >= 0.3 is 6.18 Å². The zero-order chi connectivity index (χ0) is 16.6. The van der Waals surface area contributed by atoms with Gasteiger partial charge in [0.2, 0.25) is 0 Å². The third kappa shape index (κ3) is 3.24. The third-order valence-electron chi connectivity index (χ3n) is 4.22. The SMILES string of the molecule is Cc1nc([C@@H](C)N2CCCC2)n(-c2cccc(C(F)(F)F)c2)n1. The molecule has 4 nitrogen and oxygen atoms in total. The Labute approximate surface area is 132 Å². The van der Waals surface area contributed by atoms with Gasteiger partial charge in [-0.25, -0.2) is 9.67 Å². The molecule has 2 heterocycles. The number of benzene rings is 1. The van der Waals surface area contributed by atoms with Gasteiger partial charge in [-0.1, -0.05) is 6.07 Å². The molecule has 0 bridgehead atoms. The molecule has 3 rings (SSSR count). The van der Waals surface area contributed by atoms with Crippen LogP contribution in [0.1, 0.15) is 43.0 Å². The minimum Gasteiger partial charge on any atom is -0.294 e. The Bertz CT molecular complexity index is 687. The molecule has 0 aliphatic carbocycles. The second-order valence-electron chi connectivity index (χ2n) is 5.90. The predicted octanol–water partition coefficient (Wildman–Crippen LogP) is 3.75. The van der Waals surface area contributed by atoms with Gasteiger partial charge in [-0.15, -0.1) is 0 Å².